The number of esters is 1. The summed E-state index contributed by atoms with van der Waals surface area (Å²) in [6.07, 6.45) is 0.930. The molecule has 0 bridgehead atoms. The maximum absolute atomic E-state index is 12.7. The molecule has 1 N–H and O–H groups in total. The van der Waals surface area contributed by atoms with Gasteiger partial charge in [-0.05, 0) is 35.2 Å². The highest BCUT2D eigenvalue weighted by Gasteiger charge is 2.27. The van der Waals surface area contributed by atoms with E-state index in [1.807, 2.05) is 72.8 Å². The lowest BCUT2D eigenvalue weighted by atomic mass is 9.93. The maximum Gasteiger partial charge on any atom is 0.333 e. The van der Waals surface area contributed by atoms with Crippen LogP contribution in [0.5, 0.6) is 0 Å². The number of benzene rings is 3. The summed E-state index contributed by atoms with van der Waals surface area (Å²) in [5, 5.41) is 5.19. The van der Waals surface area contributed by atoms with E-state index in [0.717, 1.165) is 21.9 Å². The molecular formula is C25H25NO3S. The van der Waals surface area contributed by atoms with Gasteiger partial charge in [0, 0.05) is 12.3 Å². The highest BCUT2D eigenvalue weighted by atomic mass is 32.1. The average Bonchev–Trinajstić information content (AvgIpc) is 2.76. The van der Waals surface area contributed by atoms with Crippen molar-refractivity contribution in [1.29, 1.82) is 0 Å². The normalized spacial score (nSPS) is 12.7. The van der Waals surface area contributed by atoms with Crippen LogP contribution in [0.25, 0.3) is 10.8 Å². The monoisotopic (exact) mass is 419 g/mol. The van der Waals surface area contributed by atoms with E-state index in [4.69, 9.17) is 17.0 Å². The number of ether oxygens (including phenoxy) is 1. The predicted octanol–water partition coefficient (Wildman–Crippen LogP) is 4.81. The largest absolute Gasteiger partial charge is 0.467 e. The molecule has 0 saturated heterocycles. The van der Waals surface area contributed by atoms with Gasteiger partial charge in [0.2, 0.25) is 0 Å². The Hall–Kier alpha value is -3.05. The predicted molar refractivity (Wildman–Crippen MR) is 123 cm³/mol. The summed E-state index contributed by atoms with van der Waals surface area (Å²) in [4.78, 5) is 25.1. The van der Waals surface area contributed by atoms with Crippen LogP contribution in [0.15, 0.2) is 72.8 Å². The van der Waals surface area contributed by atoms with Gasteiger partial charge in [-0.3, -0.25) is 0 Å². The summed E-state index contributed by atoms with van der Waals surface area (Å²) in [7, 11) is 1.36. The first-order valence-electron chi connectivity index (χ1n) is 9.89. The molecule has 0 heterocycles. The van der Waals surface area contributed by atoms with Crippen LogP contribution in [0, 0.1) is 5.92 Å². The third-order valence-electron chi connectivity index (χ3n) is 5.09. The van der Waals surface area contributed by atoms with Crippen LogP contribution in [0.2, 0.25) is 0 Å². The van der Waals surface area contributed by atoms with Crippen molar-refractivity contribution in [3.05, 3.63) is 83.9 Å². The van der Waals surface area contributed by atoms with Gasteiger partial charge >= 0.3 is 5.97 Å². The topological polar surface area (TPSA) is 55.4 Å². The molecule has 30 heavy (non-hydrogen) atoms. The van der Waals surface area contributed by atoms with Crippen molar-refractivity contribution >= 4 is 39.7 Å². The number of Topliss-reactive ketones (excluding diaryl/α,β-unsaturated/α-hetero) is 1. The second-order valence-corrected chi connectivity index (χ2v) is 7.77. The first-order chi connectivity index (χ1) is 14.5. The maximum atomic E-state index is 12.7. The fraction of sp³-hybridized carbons (Fsp3) is 0.240. The first kappa shape index (κ1) is 21.7. The number of nitrogens with one attached hydrogen (secondary N) is 1. The van der Waals surface area contributed by atoms with Gasteiger partial charge in [-0.2, -0.15) is 0 Å². The molecule has 0 saturated carbocycles. The summed E-state index contributed by atoms with van der Waals surface area (Å²) >= 11 is 5.69. The minimum absolute atomic E-state index is 0.0554. The molecule has 0 spiro atoms. The van der Waals surface area contributed by atoms with Crippen LogP contribution in [-0.2, 0) is 20.7 Å². The summed E-state index contributed by atoms with van der Waals surface area (Å²) in [6.45, 7) is 1.56. The average molecular weight is 420 g/mol. The number of methoxy groups -OCH3 is 1. The molecule has 0 aliphatic carbocycles. The van der Waals surface area contributed by atoms with Crippen LogP contribution in [0.1, 0.15) is 30.5 Å². The zero-order chi connectivity index (χ0) is 21.5. The van der Waals surface area contributed by atoms with Gasteiger partial charge in [-0.1, -0.05) is 85.0 Å². The molecule has 0 amide bonds. The summed E-state index contributed by atoms with van der Waals surface area (Å²) in [5.74, 6) is -0.572. The van der Waals surface area contributed by atoms with E-state index >= 15 is 0 Å². The SMILES string of the molecule is COC(=O)C(NC(=S)C(CC(C)=O)Cc1ccccc1)c1cccc2ccccc12. The molecule has 154 valence electrons. The Balaban J connectivity index is 1.91. The van der Waals surface area contributed by atoms with Crippen molar-refractivity contribution in [3.63, 3.8) is 0 Å². The zero-order valence-corrected chi connectivity index (χ0v) is 17.9. The van der Waals surface area contributed by atoms with E-state index in [1.54, 1.807) is 6.92 Å². The fourth-order valence-corrected chi connectivity index (χ4v) is 3.93. The molecular weight excluding hydrogens is 394 g/mol. The summed E-state index contributed by atoms with van der Waals surface area (Å²) < 4.78 is 5.07. The van der Waals surface area contributed by atoms with E-state index in [1.165, 1.54) is 7.11 Å². The van der Waals surface area contributed by atoms with Crippen molar-refractivity contribution in [2.45, 2.75) is 25.8 Å². The molecule has 3 aromatic rings. The number of hydrogen-bond acceptors (Lipinski definition) is 4. The van der Waals surface area contributed by atoms with Crippen molar-refractivity contribution in [3.8, 4) is 0 Å². The molecule has 5 heteroatoms. The Labute approximate surface area is 182 Å². The minimum Gasteiger partial charge on any atom is -0.467 e. The van der Waals surface area contributed by atoms with Crippen LogP contribution < -0.4 is 5.32 Å². The van der Waals surface area contributed by atoms with Gasteiger partial charge < -0.3 is 14.8 Å². The lowest BCUT2D eigenvalue weighted by Crippen LogP contribution is -2.38. The van der Waals surface area contributed by atoms with Crippen LogP contribution >= 0.6 is 12.2 Å². The van der Waals surface area contributed by atoms with Crippen LogP contribution in [0.4, 0.5) is 0 Å². The van der Waals surface area contributed by atoms with Gasteiger partial charge in [0.05, 0.1) is 12.1 Å². The Bertz CT molecular complexity index is 1040. The number of rotatable bonds is 8. The van der Waals surface area contributed by atoms with Gasteiger partial charge in [0.15, 0.2) is 6.04 Å². The molecule has 0 fully saturated rings. The highest BCUT2D eigenvalue weighted by Crippen LogP contribution is 2.26. The van der Waals surface area contributed by atoms with Crippen molar-refractivity contribution in [2.24, 2.45) is 5.92 Å². The number of carbonyl (C=O) groups excluding carboxylic acids is 2. The smallest absolute Gasteiger partial charge is 0.333 e. The Morgan fingerprint density at radius 3 is 2.33 bits per heavy atom. The van der Waals surface area contributed by atoms with Crippen molar-refractivity contribution in [1.82, 2.24) is 5.32 Å². The van der Waals surface area contributed by atoms with E-state index in [2.05, 4.69) is 5.32 Å². The van der Waals surface area contributed by atoms with E-state index < -0.39 is 12.0 Å². The molecule has 0 radical (unpaired) electrons. The zero-order valence-electron chi connectivity index (χ0n) is 17.1. The number of thiocarbonyl (C=S) groups is 1. The molecule has 0 aliphatic heterocycles. The van der Waals surface area contributed by atoms with Gasteiger partial charge in [0.25, 0.3) is 0 Å². The first-order valence-corrected chi connectivity index (χ1v) is 10.3. The fourth-order valence-electron chi connectivity index (χ4n) is 3.65. The van der Waals surface area contributed by atoms with Crippen molar-refractivity contribution in [2.75, 3.05) is 7.11 Å². The number of ketones is 1. The lowest BCUT2D eigenvalue weighted by molar-refractivity contribution is -0.142. The second kappa shape index (κ2) is 10.1. The molecule has 2 atom stereocenters. The standard InChI is InChI=1S/C25H25NO3S/c1-17(27)15-20(16-18-9-4-3-5-10-18)24(30)26-23(25(28)29-2)22-14-8-12-19-11-6-7-13-21(19)22/h3-14,20,23H,15-16H2,1-2H3,(H,26,30). The van der Waals surface area contributed by atoms with Crippen LogP contribution in [-0.4, -0.2) is 23.9 Å². The quantitative estimate of drug-likeness (QED) is 0.419. The lowest BCUT2D eigenvalue weighted by Gasteiger charge is -2.24. The molecule has 0 aromatic heterocycles. The van der Waals surface area contributed by atoms with E-state index in [0.29, 0.717) is 17.8 Å². The number of fused-ring (bicyclic) bond motifs is 1. The highest BCUT2D eigenvalue weighted by molar-refractivity contribution is 7.80. The van der Waals surface area contributed by atoms with Gasteiger partial charge in [-0.25, -0.2) is 4.79 Å². The van der Waals surface area contributed by atoms with E-state index in [-0.39, 0.29) is 11.7 Å². The Morgan fingerprint density at radius 1 is 0.967 bits per heavy atom. The van der Waals surface area contributed by atoms with E-state index in [9.17, 15) is 9.59 Å². The number of carbonyl (C=O) groups is 2. The molecule has 2 unspecified atom stereocenters. The molecule has 3 rings (SSSR count). The Kier molecular flexibility index (Phi) is 7.31. The molecule has 4 nitrogen and oxygen atoms in total. The number of hydrogen-bond donors (Lipinski definition) is 1. The summed E-state index contributed by atoms with van der Waals surface area (Å²) in [5.41, 5.74) is 1.89. The summed E-state index contributed by atoms with van der Waals surface area (Å²) in [6, 6.07) is 22.8. The third-order valence-corrected chi connectivity index (χ3v) is 5.54. The molecule has 3 aromatic carbocycles. The van der Waals surface area contributed by atoms with Crippen LogP contribution in [0.3, 0.4) is 0 Å². The molecule has 0 aliphatic rings. The second-order valence-electron chi connectivity index (χ2n) is 7.33. The minimum atomic E-state index is -0.751. The van der Waals surface area contributed by atoms with Crippen molar-refractivity contribution < 1.29 is 14.3 Å². The Morgan fingerprint density at radius 2 is 1.63 bits per heavy atom. The van der Waals surface area contributed by atoms with Gasteiger partial charge in [-0.15, -0.1) is 0 Å². The van der Waals surface area contributed by atoms with Gasteiger partial charge in [0.1, 0.15) is 5.78 Å². The third kappa shape index (κ3) is 5.30.